The molecule has 1 N–H and O–H groups in total. The van der Waals surface area contributed by atoms with Gasteiger partial charge < -0.3 is 9.88 Å². The molecular weight excluding hydrogens is 210 g/mol. The Bertz CT molecular complexity index is 437. The van der Waals surface area contributed by atoms with Crippen molar-refractivity contribution < 1.29 is 0 Å². The summed E-state index contributed by atoms with van der Waals surface area (Å²) in [5.74, 6) is 0. The maximum atomic E-state index is 5.98. The van der Waals surface area contributed by atoms with Gasteiger partial charge in [0.2, 0.25) is 0 Å². The van der Waals surface area contributed by atoms with Gasteiger partial charge in [-0.25, -0.2) is 4.98 Å². The van der Waals surface area contributed by atoms with Gasteiger partial charge in [0.15, 0.2) is 0 Å². The number of aromatic nitrogens is 2. The van der Waals surface area contributed by atoms with Gasteiger partial charge in [0.25, 0.3) is 0 Å². The lowest BCUT2D eigenvalue weighted by Gasteiger charge is -2.10. The molecular formula is C11H12ClN3. The Hall–Kier alpha value is -1.32. The summed E-state index contributed by atoms with van der Waals surface area (Å²) in [6.07, 6.45) is 5.43. The molecule has 0 bridgehead atoms. The summed E-state index contributed by atoms with van der Waals surface area (Å²) in [6, 6.07) is 5.86. The third-order valence-corrected chi connectivity index (χ3v) is 2.43. The summed E-state index contributed by atoms with van der Waals surface area (Å²) in [5, 5.41) is 3.86. The molecule has 78 valence electrons. The molecule has 0 atom stereocenters. The van der Waals surface area contributed by atoms with E-state index in [2.05, 4.69) is 10.3 Å². The van der Waals surface area contributed by atoms with E-state index >= 15 is 0 Å². The van der Waals surface area contributed by atoms with Crippen LogP contribution >= 0.6 is 11.6 Å². The van der Waals surface area contributed by atoms with Gasteiger partial charge >= 0.3 is 0 Å². The number of rotatable bonds is 3. The van der Waals surface area contributed by atoms with E-state index in [0.717, 1.165) is 17.3 Å². The topological polar surface area (TPSA) is 29.9 Å². The van der Waals surface area contributed by atoms with Crippen molar-refractivity contribution in [2.75, 3.05) is 7.05 Å². The molecule has 0 aliphatic rings. The summed E-state index contributed by atoms with van der Waals surface area (Å²) < 4.78 is 1.96. The van der Waals surface area contributed by atoms with Gasteiger partial charge in [-0.3, -0.25) is 0 Å². The van der Waals surface area contributed by atoms with E-state index in [-0.39, 0.29) is 0 Å². The smallest absolute Gasteiger partial charge is 0.0991 e. The molecule has 0 aliphatic heterocycles. The Morgan fingerprint density at radius 2 is 2.33 bits per heavy atom. The zero-order valence-corrected chi connectivity index (χ0v) is 9.20. The summed E-state index contributed by atoms with van der Waals surface area (Å²) in [7, 11) is 1.92. The van der Waals surface area contributed by atoms with E-state index in [1.54, 1.807) is 12.5 Å². The second kappa shape index (κ2) is 4.47. The van der Waals surface area contributed by atoms with Crippen LogP contribution < -0.4 is 5.32 Å². The van der Waals surface area contributed by atoms with Crippen LogP contribution in [0.3, 0.4) is 0 Å². The molecule has 0 unspecified atom stereocenters. The van der Waals surface area contributed by atoms with Crippen LogP contribution in [0, 0.1) is 0 Å². The lowest BCUT2D eigenvalue weighted by Crippen LogP contribution is -2.08. The zero-order valence-electron chi connectivity index (χ0n) is 8.44. The normalized spacial score (nSPS) is 10.5. The molecule has 2 aromatic rings. The van der Waals surface area contributed by atoms with E-state index in [9.17, 15) is 0 Å². The largest absolute Gasteiger partial charge is 0.316 e. The number of nitrogens with one attached hydrogen (secondary N) is 1. The highest BCUT2D eigenvalue weighted by molar-refractivity contribution is 6.30. The van der Waals surface area contributed by atoms with Gasteiger partial charge in [0.1, 0.15) is 0 Å². The minimum atomic E-state index is 0.735. The van der Waals surface area contributed by atoms with Crippen molar-refractivity contribution in [1.29, 1.82) is 0 Å². The van der Waals surface area contributed by atoms with Crippen LogP contribution in [-0.4, -0.2) is 16.6 Å². The molecule has 0 radical (unpaired) electrons. The SMILES string of the molecule is CNCc1ccc(Cl)cc1-n1ccnc1. The average Bonchev–Trinajstić information content (AvgIpc) is 2.74. The van der Waals surface area contributed by atoms with Crippen molar-refractivity contribution >= 4 is 11.6 Å². The first kappa shape index (κ1) is 10.2. The van der Waals surface area contributed by atoms with Gasteiger partial charge in [-0.2, -0.15) is 0 Å². The summed E-state index contributed by atoms with van der Waals surface area (Å²) in [4.78, 5) is 4.03. The third-order valence-electron chi connectivity index (χ3n) is 2.20. The fourth-order valence-electron chi connectivity index (χ4n) is 1.52. The van der Waals surface area contributed by atoms with Crippen LogP contribution in [0.1, 0.15) is 5.56 Å². The van der Waals surface area contributed by atoms with Gasteiger partial charge in [-0.05, 0) is 24.7 Å². The molecule has 3 nitrogen and oxygen atoms in total. The first-order chi connectivity index (χ1) is 7.31. The molecule has 1 heterocycles. The lowest BCUT2D eigenvalue weighted by molar-refractivity contribution is 0.807. The quantitative estimate of drug-likeness (QED) is 0.862. The summed E-state index contributed by atoms with van der Waals surface area (Å²) in [5.41, 5.74) is 2.26. The second-order valence-electron chi connectivity index (χ2n) is 3.27. The van der Waals surface area contributed by atoms with Crippen LogP contribution in [-0.2, 0) is 6.54 Å². The van der Waals surface area contributed by atoms with Gasteiger partial charge in [-0.1, -0.05) is 17.7 Å². The van der Waals surface area contributed by atoms with Crippen molar-refractivity contribution in [2.45, 2.75) is 6.54 Å². The van der Waals surface area contributed by atoms with Crippen LogP contribution in [0.5, 0.6) is 0 Å². The fraction of sp³-hybridized carbons (Fsp3) is 0.182. The Morgan fingerprint density at radius 1 is 1.47 bits per heavy atom. The van der Waals surface area contributed by atoms with Crippen molar-refractivity contribution in [3.05, 3.63) is 47.5 Å². The van der Waals surface area contributed by atoms with Gasteiger partial charge in [-0.15, -0.1) is 0 Å². The van der Waals surface area contributed by atoms with E-state index in [4.69, 9.17) is 11.6 Å². The molecule has 0 amide bonds. The predicted octanol–water partition coefficient (Wildman–Crippen LogP) is 2.25. The van der Waals surface area contributed by atoms with Crippen molar-refractivity contribution in [3.8, 4) is 5.69 Å². The van der Waals surface area contributed by atoms with E-state index in [1.165, 1.54) is 5.56 Å². The highest BCUT2D eigenvalue weighted by Gasteiger charge is 2.04. The van der Waals surface area contributed by atoms with Gasteiger partial charge in [0, 0.05) is 24.0 Å². The molecule has 15 heavy (non-hydrogen) atoms. The maximum absolute atomic E-state index is 5.98. The molecule has 0 saturated carbocycles. The molecule has 4 heteroatoms. The monoisotopic (exact) mass is 221 g/mol. The molecule has 1 aromatic carbocycles. The van der Waals surface area contributed by atoms with Crippen LogP contribution in [0.25, 0.3) is 5.69 Å². The first-order valence-corrected chi connectivity index (χ1v) is 5.10. The van der Waals surface area contributed by atoms with Crippen molar-refractivity contribution in [3.63, 3.8) is 0 Å². The molecule has 2 rings (SSSR count). The van der Waals surface area contributed by atoms with Crippen molar-refractivity contribution in [2.24, 2.45) is 0 Å². The average molecular weight is 222 g/mol. The molecule has 0 aliphatic carbocycles. The third kappa shape index (κ3) is 2.19. The molecule has 1 aromatic heterocycles. The Morgan fingerprint density at radius 3 is 3.00 bits per heavy atom. The summed E-state index contributed by atoms with van der Waals surface area (Å²) >= 11 is 5.98. The minimum absolute atomic E-state index is 0.735. The van der Waals surface area contributed by atoms with E-state index in [0.29, 0.717) is 0 Å². The number of benzene rings is 1. The number of nitrogens with zero attached hydrogens (tertiary/aromatic N) is 2. The minimum Gasteiger partial charge on any atom is -0.316 e. The Labute approximate surface area is 93.7 Å². The predicted molar refractivity (Wildman–Crippen MR) is 61.3 cm³/mol. The van der Waals surface area contributed by atoms with Crippen LogP contribution in [0.4, 0.5) is 0 Å². The van der Waals surface area contributed by atoms with Crippen LogP contribution in [0.2, 0.25) is 5.02 Å². The van der Waals surface area contributed by atoms with Crippen LogP contribution in [0.15, 0.2) is 36.9 Å². The maximum Gasteiger partial charge on any atom is 0.0991 e. The van der Waals surface area contributed by atoms with Gasteiger partial charge in [0.05, 0.1) is 12.0 Å². The first-order valence-electron chi connectivity index (χ1n) is 4.72. The summed E-state index contributed by atoms with van der Waals surface area (Å²) in [6.45, 7) is 0.810. The zero-order chi connectivity index (χ0) is 10.7. The van der Waals surface area contributed by atoms with Crippen molar-refractivity contribution in [1.82, 2.24) is 14.9 Å². The number of halogens is 1. The van der Waals surface area contributed by atoms with E-state index in [1.807, 2.05) is 36.0 Å². The number of hydrogen-bond acceptors (Lipinski definition) is 2. The highest BCUT2D eigenvalue weighted by atomic mass is 35.5. The Balaban J connectivity index is 2.47. The highest BCUT2D eigenvalue weighted by Crippen LogP contribution is 2.19. The second-order valence-corrected chi connectivity index (χ2v) is 3.71. The standard InChI is InChI=1S/C11H12ClN3/c1-13-7-9-2-3-10(12)6-11(9)15-5-4-14-8-15/h2-6,8,13H,7H2,1H3. The number of imidazole rings is 1. The molecule has 0 fully saturated rings. The molecule has 0 spiro atoms. The van der Waals surface area contributed by atoms with E-state index < -0.39 is 0 Å². The number of hydrogen-bond donors (Lipinski definition) is 1. The Kier molecular flexibility index (Phi) is 3.04. The lowest BCUT2D eigenvalue weighted by atomic mass is 10.1. The fourth-order valence-corrected chi connectivity index (χ4v) is 1.69. The molecule has 0 saturated heterocycles.